The van der Waals surface area contributed by atoms with Gasteiger partial charge >= 0.3 is 0 Å². The Morgan fingerprint density at radius 2 is 1.58 bits per heavy atom. The van der Waals surface area contributed by atoms with Crippen molar-refractivity contribution in [2.75, 3.05) is 21.3 Å². The average Bonchev–Trinajstić information content (AvgIpc) is 3.01. The first-order valence-corrected chi connectivity index (χ1v) is 13.7. The zero-order valence-electron chi connectivity index (χ0n) is 23.9. The van der Waals surface area contributed by atoms with Gasteiger partial charge in [0.05, 0.1) is 21.3 Å². The number of aryl methyl sites for hydroxylation is 1. The molecule has 3 aromatic rings. The van der Waals surface area contributed by atoms with E-state index in [4.69, 9.17) is 18.9 Å². The molecular weight excluding hydrogens is 556 g/mol. The number of phenols is 4. The first-order valence-electron chi connectivity index (χ1n) is 13.7. The number of hydrogen-bond acceptors (Lipinski definition) is 10. The van der Waals surface area contributed by atoms with Gasteiger partial charge in [-0.25, -0.2) is 0 Å². The number of aromatic hydroxyl groups is 4. The van der Waals surface area contributed by atoms with Crippen molar-refractivity contribution in [3.63, 3.8) is 0 Å². The standard InChI is InChI=1S/C33H32O10/c1-40-29-12-17(5-9-23(29)35)4-7-19(21-14-26(38)30(41-2)15-24(21)36)32-31(42-3)16-28-20(33(32)39)8-11-27(43-28)18-6-10-22(34)25(37)13-18/h5-6,9-10,12-16,19,27,34-35,37,39H,4,7-8,11H2,1-3H3. The van der Waals surface area contributed by atoms with Crippen LogP contribution in [-0.4, -0.2) is 53.3 Å². The number of hydrogen-bond donors (Lipinski definition) is 4. The summed E-state index contributed by atoms with van der Waals surface area (Å²) in [5.41, 5.74) is 2.51. The van der Waals surface area contributed by atoms with Gasteiger partial charge in [0.1, 0.15) is 23.4 Å². The molecule has 10 nitrogen and oxygen atoms in total. The number of phenolic OH excluding ortho intramolecular Hbond substituents is 4. The Kier molecular flexibility index (Phi) is 8.20. The van der Waals surface area contributed by atoms with Gasteiger partial charge in [-0.2, -0.15) is 0 Å². The van der Waals surface area contributed by atoms with Crippen molar-refractivity contribution in [3.05, 3.63) is 88.2 Å². The van der Waals surface area contributed by atoms with E-state index in [-0.39, 0.29) is 40.1 Å². The molecule has 0 radical (unpaired) electrons. The third kappa shape index (κ3) is 5.68. The third-order valence-electron chi connectivity index (χ3n) is 7.87. The Balaban J connectivity index is 1.55. The first-order chi connectivity index (χ1) is 20.6. The lowest BCUT2D eigenvalue weighted by molar-refractivity contribution is -0.117. The van der Waals surface area contributed by atoms with Crippen molar-refractivity contribution in [2.45, 2.75) is 37.7 Å². The molecule has 1 aliphatic heterocycles. The van der Waals surface area contributed by atoms with Crippen molar-refractivity contribution in [1.82, 2.24) is 0 Å². The van der Waals surface area contributed by atoms with E-state index in [2.05, 4.69) is 0 Å². The molecule has 1 heterocycles. The van der Waals surface area contributed by atoms with E-state index in [0.717, 1.165) is 11.6 Å². The lowest BCUT2D eigenvalue weighted by Crippen LogP contribution is -2.21. The average molecular weight is 589 g/mol. The second kappa shape index (κ2) is 12.0. The molecule has 0 bridgehead atoms. The van der Waals surface area contributed by atoms with E-state index in [1.165, 1.54) is 45.6 Å². The number of carbonyl (C=O) groups excluding carboxylic acids is 2. The Morgan fingerprint density at radius 1 is 0.837 bits per heavy atom. The fourth-order valence-corrected chi connectivity index (χ4v) is 5.63. The first kappa shape index (κ1) is 29.4. The fraction of sp³-hybridized carbons (Fsp3) is 0.273. The molecule has 5 rings (SSSR count). The summed E-state index contributed by atoms with van der Waals surface area (Å²) in [6.07, 6.45) is 3.52. The highest BCUT2D eigenvalue weighted by Crippen LogP contribution is 2.50. The smallest absolute Gasteiger partial charge is 0.220 e. The molecule has 2 unspecified atom stereocenters. The van der Waals surface area contributed by atoms with Crippen LogP contribution in [0.5, 0.6) is 40.2 Å². The van der Waals surface area contributed by atoms with Crippen LogP contribution < -0.4 is 14.2 Å². The highest BCUT2D eigenvalue weighted by atomic mass is 16.5. The lowest BCUT2D eigenvalue weighted by Gasteiger charge is -2.31. The van der Waals surface area contributed by atoms with Crippen LogP contribution in [0, 0.1) is 0 Å². The highest BCUT2D eigenvalue weighted by molar-refractivity contribution is 6.19. The van der Waals surface area contributed by atoms with Gasteiger partial charge in [0.2, 0.25) is 5.78 Å². The fourth-order valence-electron chi connectivity index (χ4n) is 5.63. The Morgan fingerprint density at radius 3 is 2.28 bits per heavy atom. The topological polar surface area (TPSA) is 152 Å². The van der Waals surface area contributed by atoms with E-state index >= 15 is 0 Å². The van der Waals surface area contributed by atoms with E-state index in [1.807, 2.05) is 0 Å². The SMILES string of the molecule is COC1=CC(=O)C(C(CCc2ccc(O)c(OC)c2)c2c(OC)cc3c(c2O)CCC(c2ccc(O)c(O)c2)O3)=CC1=O. The summed E-state index contributed by atoms with van der Waals surface area (Å²) in [5.74, 6) is -1.38. The Bertz CT molecular complexity index is 1650. The number of methoxy groups -OCH3 is 3. The molecule has 0 amide bonds. The van der Waals surface area contributed by atoms with E-state index in [1.54, 1.807) is 24.3 Å². The molecular formula is C33H32O10. The molecule has 0 saturated heterocycles. The summed E-state index contributed by atoms with van der Waals surface area (Å²) in [7, 11) is 4.21. The van der Waals surface area contributed by atoms with Gasteiger partial charge in [-0.1, -0.05) is 12.1 Å². The van der Waals surface area contributed by atoms with E-state index in [9.17, 15) is 30.0 Å². The second-order valence-corrected chi connectivity index (χ2v) is 10.3. The van der Waals surface area contributed by atoms with Crippen molar-refractivity contribution >= 4 is 11.6 Å². The molecule has 0 spiro atoms. The van der Waals surface area contributed by atoms with Gasteiger partial charge in [0.15, 0.2) is 34.5 Å². The van der Waals surface area contributed by atoms with Crippen molar-refractivity contribution in [1.29, 1.82) is 0 Å². The number of carbonyl (C=O) groups is 2. The van der Waals surface area contributed by atoms with Gasteiger partial charge in [-0.15, -0.1) is 0 Å². The molecule has 43 heavy (non-hydrogen) atoms. The summed E-state index contributed by atoms with van der Waals surface area (Å²) < 4.78 is 22.2. The van der Waals surface area contributed by atoms with Gasteiger partial charge in [-0.3, -0.25) is 9.59 Å². The number of allylic oxidation sites excluding steroid dienone is 3. The lowest BCUT2D eigenvalue weighted by atomic mass is 9.79. The summed E-state index contributed by atoms with van der Waals surface area (Å²) >= 11 is 0. The number of ketones is 2. The van der Waals surface area contributed by atoms with Crippen LogP contribution in [0.2, 0.25) is 0 Å². The zero-order valence-corrected chi connectivity index (χ0v) is 23.9. The summed E-state index contributed by atoms with van der Waals surface area (Å²) in [6.45, 7) is 0. The minimum Gasteiger partial charge on any atom is -0.507 e. The molecule has 4 N–H and O–H groups in total. The molecule has 0 fully saturated rings. The number of ether oxygens (including phenoxy) is 4. The van der Waals surface area contributed by atoms with Crippen LogP contribution in [0.25, 0.3) is 0 Å². The molecule has 2 aliphatic rings. The molecule has 224 valence electrons. The van der Waals surface area contributed by atoms with Crippen LogP contribution in [0.1, 0.15) is 47.1 Å². The van der Waals surface area contributed by atoms with Crippen molar-refractivity contribution in [3.8, 4) is 40.2 Å². The quantitative estimate of drug-likeness (QED) is 0.200. The molecule has 0 saturated carbocycles. The van der Waals surface area contributed by atoms with Crippen molar-refractivity contribution in [2.24, 2.45) is 0 Å². The van der Waals surface area contributed by atoms with Gasteiger partial charge in [0, 0.05) is 34.8 Å². The number of rotatable bonds is 9. The van der Waals surface area contributed by atoms with E-state index < -0.39 is 23.6 Å². The largest absolute Gasteiger partial charge is 0.507 e. The minimum atomic E-state index is -0.752. The van der Waals surface area contributed by atoms with Crippen LogP contribution in [0.4, 0.5) is 0 Å². The second-order valence-electron chi connectivity index (χ2n) is 10.3. The van der Waals surface area contributed by atoms with Crippen LogP contribution in [0.15, 0.2) is 65.9 Å². The van der Waals surface area contributed by atoms with Gasteiger partial charge < -0.3 is 39.4 Å². The third-order valence-corrected chi connectivity index (χ3v) is 7.87. The number of fused-ring (bicyclic) bond motifs is 1. The summed E-state index contributed by atoms with van der Waals surface area (Å²) in [6, 6.07) is 11.1. The van der Waals surface area contributed by atoms with E-state index in [0.29, 0.717) is 53.9 Å². The molecule has 3 aromatic carbocycles. The summed E-state index contributed by atoms with van der Waals surface area (Å²) in [5, 5.41) is 41.4. The predicted octanol–water partition coefficient (Wildman–Crippen LogP) is 4.92. The predicted molar refractivity (Wildman–Crippen MR) is 155 cm³/mol. The molecule has 2 atom stereocenters. The van der Waals surface area contributed by atoms with Crippen LogP contribution in [0.3, 0.4) is 0 Å². The minimum absolute atomic E-state index is 0.00869. The number of benzene rings is 3. The molecule has 10 heteroatoms. The van der Waals surface area contributed by atoms with Gasteiger partial charge in [0.25, 0.3) is 0 Å². The highest BCUT2D eigenvalue weighted by Gasteiger charge is 2.35. The Labute approximate surface area is 248 Å². The molecule has 0 aromatic heterocycles. The molecule has 1 aliphatic carbocycles. The maximum atomic E-state index is 13.3. The van der Waals surface area contributed by atoms with Crippen LogP contribution in [-0.2, 0) is 27.2 Å². The normalized spacial score (nSPS) is 16.9. The summed E-state index contributed by atoms with van der Waals surface area (Å²) in [4.78, 5) is 26.1. The monoisotopic (exact) mass is 588 g/mol. The Hall–Kier alpha value is -5.12. The van der Waals surface area contributed by atoms with Crippen molar-refractivity contribution < 1.29 is 49.0 Å². The van der Waals surface area contributed by atoms with Crippen LogP contribution >= 0.6 is 0 Å². The zero-order chi connectivity index (χ0) is 30.8. The van der Waals surface area contributed by atoms with Gasteiger partial charge in [-0.05, 0) is 67.2 Å². The maximum absolute atomic E-state index is 13.3. The maximum Gasteiger partial charge on any atom is 0.220 e.